The zero-order valence-electron chi connectivity index (χ0n) is 19.3. The Morgan fingerprint density at radius 3 is 2.38 bits per heavy atom. The molecular formula is C26H29IN2O4S. The molecule has 0 aliphatic rings. The number of carbonyl (C=O) groups excluding carboxylic acids is 1. The predicted molar refractivity (Wildman–Crippen MR) is 148 cm³/mol. The fraction of sp³-hybridized carbons (Fsp3) is 0.269. The molecule has 3 aromatic rings. The number of benzene rings is 3. The van der Waals surface area contributed by atoms with Crippen LogP contribution in [-0.4, -0.2) is 49.9 Å². The minimum Gasteiger partial charge on any atom is -0.493 e. The minimum atomic E-state index is -0.212. The van der Waals surface area contributed by atoms with E-state index < -0.39 is 0 Å². The summed E-state index contributed by atoms with van der Waals surface area (Å²) in [4.78, 5) is 15.1. The minimum absolute atomic E-state index is 0.212. The van der Waals surface area contributed by atoms with Gasteiger partial charge in [0.1, 0.15) is 18.1 Å². The van der Waals surface area contributed by atoms with Crippen LogP contribution in [-0.2, 0) is 0 Å². The van der Waals surface area contributed by atoms with Gasteiger partial charge < -0.3 is 19.5 Å². The molecule has 0 fully saturated rings. The highest BCUT2D eigenvalue weighted by molar-refractivity contribution is 14.2. The van der Waals surface area contributed by atoms with Crippen molar-refractivity contribution in [1.29, 1.82) is 0 Å². The lowest BCUT2D eigenvalue weighted by Crippen LogP contribution is -2.30. The monoisotopic (exact) mass is 592 g/mol. The first-order valence-electron chi connectivity index (χ1n) is 11.0. The Bertz CT molecular complexity index is 1030. The molecule has 0 radical (unpaired) electrons. The Kier molecular flexibility index (Phi) is 10.8. The highest BCUT2D eigenvalue weighted by atomic mass is 127. The largest absolute Gasteiger partial charge is 0.493 e. The normalized spacial score (nSPS) is 10.7. The summed E-state index contributed by atoms with van der Waals surface area (Å²) in [6.07, 6.45) is 0. The van der Waals surface area contributed by atoms with Crippen LogP contribution in [0.5, 0.6) is 23.0 Å². The molecular weight excluding hydrogens is 563 g/mol. The number of hydrogen-bond donors (Lipinski definition) is 1. The molecule has 0 aromatic heterocycles. The van der Waals surface area contributed by atoms with Crippen LogP contribution in [0.25, 0.3) is 0 Å². The summed E-state index contributed by atoms with van der Waals surface area (Å²) in [5.74, 6) is 3.52. The van der Waals surface area contributed by atoms with Crippen molar-refractivity contribution in [3.63, 3.8) is 0 Å². The van der Waals surface area contributed by atoms with Crippen molar-refractivity contribution in [2.45, 2.75) is 6.92 Å². The zero-order chi connectivity index (χ0) is 24.2. The molecule has 3 rings (SSSR count). The molecule has 1 N–H and O–H groups in total. The fourth-order valence-electron chi connectivity index (χ4n) is 3.25. The Morgan fingerprint density at radius 2 is 1.71 bits per heavy atom. The molecule has 180 valence electrons. The molecule has 34 heavy (non-hydrogen) atoms. The summed E-state index contributed by atoms with van der Waals surface area (Å²) < 4.78 is 17.2. The summed E-state index contributed by atoms with van der Waals surface area (Å²) in [5, 5.41) is 2.93. The quantitative estimate of drug-likeness (QED) is 0.228. The number of anilines is 1. The molecule has 8 heteroatoms. The van der Waals surface area contributed by atoms with Crippen molar-refractivity contribution in [1.82, 2.24) is 4.90 Å². The fourth-order valence-corrected chi connectivity index (χ4v) is 4.16. The number of halogens is 1. The number of likely N-dealkylation sites (N-methyl/N-ethyl adjacent to an activating group) is 1. The van der Waals surface area contributed by atoms with Crippen molar-refractivity contribution in [3.8, 4) is 23.0 Å². The van der Waals surface area contributed by atoms with Gasteiger partial charge in [-0.1, -0.05) is 34.1 Å². The third kappa shape index (κ3) is 8.11. The first-order chi connectivity index (χ1) is 16.6. The van der Waals surface area contributed by atoms with Gasteiger partial charge in [-0.25, -0.2) is 0 Å². The van der Waals surface area contributed by atoms with Gasteiger partial charge in [-0.3, -0.25) is 9.69 Å². The maximum Gasteiger partial charge on any atom is 0.255 e. The lowest BCUT2D eigenvalue weighted by molar-refractivity contribution is 0.102. The lowest BCUT2D eigenvalue weighted by Gasteiger charge is -2.20. The molecule has 0 heterocycles. The summed E-state index contributed by atoms with van der Waals surface area (Å²) in [6, 6.07) is 21.9. The van der Waals surface area contributed by atoms with Crippen LogP contribution < -0.4 is 19.5 Å². The number of methoxy groups -OCH3 is 1. The van der Waals surface area contributed by atoms with E-state index >= 15 is 0 Å². The van der Waals surface area contributed by atoms with Gasteiger partial charge in [0.05, 0.1) is 7.11 Å². The van der Waals surface area contributed by atoms with Gasteiger partial charge >= 0.3 is 0 Å². The Labute approximate surface area is 217 Å². The van der Waals surface area contributed by atoms with E-state index in [4.69, 9.17) is 14.2 Å². The molecule has 0 aliphatic carbocycles. The van der Waals surface area contributed by atoms with E-state index in [9.17, 15) is 4.79 Å². The number of nitrogens with one attached hydrogen (secondary N) is 1. The molecule has 0 saturated carbocycles. The van der Waals surface area contributed by atoms with Crippen molar-refractivity contribution >= 4 is 41.7 Å². The van der Waals surface area contributed by atoms with E-state index in [1.165, 1.54) is 0 Å². The zero-order valence-corrected chi connectivity index (χ0v) is 22.3. The number of amides is 1. The second-order valence-corrected chi connectivity index (χ2v) is 9.85. The SMILES string of the molecule is CCN(CCOc1cc(NC(=O)c2ccc(Oc3ccccc3)cc2)ccc1OC)CCSI. The van der Waals surface area contributed by atoms with Gasteiger partial charge in [-0.2, -0.15) is 0 Å². The second-order valence-electron chi connectivity index (χ2n) is 7.36. The van der Waals surface area contributed by atoms with Crippen LogP contribution in [0.2, 0.25) is 0 Å². The predicted octanol–water partition coefficient (Wildman–Crippen LogP) is 6.52. The molecule has 1 amide bonds. The average Bonchev–Trinajstić information content (AvgIpc) is 2.87. The summed E-state index contributed by atoms with van der Waals surface area (Å²) in [6.45, 7) is 5.51. The van der Waals surface area contributed by atoms with Crippen molar-refractivity contribution in [2.24, 2.45) is 0 Å². The molecule has 3 aromatic carbocycles. The molecule has 0 aliphatic heterocycles. The summed E-state index contributed by atoms with van der Waals surface area (Å²) >= 11 is 2.32. The van der Waals surface area contributed by atoms with Crippen LogP contribution in [0.1, 0.15) is 17.3 Å². The van der Waals surface area contributed by atoms with Crippen LogP contribution in [0.3, 0.4) is 0 Å². The van der Waals surface area contributed by atoms with E-state index in [2.05, 4.69) is 38.3 Å². The lowest BCUT2D eigenvalue weighted by atomic mass is 10.2. The highest BCUT2D eigenvalue weighted by Gasteiger charge is 2.11. The van der Waals surface area contributed by atoms with Gasteiger partial charge in [0.2, 0.25) is 0 Å². The van der Waals surface area contributed by atoms with Gasteiger partial charge in [0, 0.05) is 36.2 Å². The summed E-state index contributed by atoms with van der Waals surface area (Å²) in [7, 11) is 3.41. The van der Waals surface area contributed by atoms with Gasteiger partial charge in [0.25, 0.3) is 5.91 Å². The molecule has 0 saturated heterocycles. The van der Waals surface area contributed by atoms with E-state index in [1.807, 2.05) is 39.3 Å². The molecule has 6 nitrogen and oxygen atoms in total. The number of ether oxygens (including phenoxy) is 3. The van der Waals surface area contributed by atoms with Crippen LogP contribution >= 0.6 is 30.1 Å². The topological polar surface area (TPSA) is 60.0 Å². The van der Waals surface area contributed by atoms with Crippen molar-refractivity contribution < 1.29 is 19.0 Å². The Morgan fingerprint density at radius 1 is 0.971 bits per heavy atom. The third-order valence-electron chi connectivity index (χ3n) is 5.11. The van der Waals surface area contributed by atoms with Gasteiger partial charge in [-0.15, -0.1) is 0 Å². The van der Waals surface area contributed by atoms with Gasteiger partial charge in [-0.05, 0) is 76.3 Å². The Balaban J connectivity index is 1.59. The average molecular weight is 592 g/mol. The number of nitrogens with zero attached hydrogens (tertiary/aromatic N) is 1. The molecule has 0 bridgehead atoms. The number of hydrogen-bond acceptors (Lipinski definition) is 6. The van der Waals surface area contributed by atoms with Crippen molar-refractivity contribution in [3.05, 3.63) is 78.4 Å². The van der Waals surface area contributed by atoms with E-state index in [0.29, 0.717) is 35.1 Å². The maximum atomic E-state index is 12.8. The summed E-state index contributed by atoms with van der Waals surface area (Å²) in [5.41, 5.74) is 1.17. The standard InChI is InChI=1S/C26H29IN2O4S/c1-3-29(16-18-34-27)15-17-32-25-19-21(11-14-24(25)31-2)28-26(30)20-9-12-23(13-10-20)33-22-7-5-4-6-8-22/h4-14,19H,3,15-18H2,1-2H3,(H,28,30). The first kappa shape index (κ1) is 26.2. The van der Waals surface area contributed by atoms with Crippen LogP contribution in [0, 0.1) is 0 Å². The van der Waals surface area contributed by atoms with E-state index in [1.54, 1.807) is 49.6 Å². The van der Waals surface area contributed by atoms with Gasteiger partial charge in [0.15, 0.2) is 11.5 Å². The van der Waals surface area contributed by atoms with Crippen LogP contribution in [0.15, 0.2) is 72.8 Å². The van der Waals surface area contributed by atoms with E-state index in [-0.39, 0.29) is 5.91 Å². The smallest absolute Gasteiger partial charge is 0.255 e. The first-order valence-corrected chi connectivity index (χ1v) is 14.6. The molecule has 0 atom stereocenters. The third-order valence-corrected chi connectivity index (χ3v) is 6.77. The molecule has 0 spiro atoms. The van der Waals surface area contributed by atoms with E-state index in [0.717, 1.165) is 31.1 Å². The number of para-hydroxylation sites is 1. The second kappa shape index (κ2) is 14.1. The van der Waals surface area contributed by atoms with Crippen LogP contribution in [0.4, 0.5) is 5.69 Å². The number of rotatable bonds is 13. The van der Waals surface area contributed by atoms with Crippen molar-refractivity contribution in [2.75, 3.05) is 44.4 Å². The highest BCUT2D eigenvalue weighted by Crippen LogP contribution is 2.30. The number of carbonyl (C=O) groups is 1. The maximum absolute atomic E-state index is 12.8. The Hall–Kier alpha value is -2.43. The molecule has 0 unspecified atom stereocenters.